The van der Waals surface area contributed by atoms with E-state index < -0.39 is 0 Å². The molecule has 1 saturated carbocycles. The molecule has 0 radical (unpaired) electrons. The zero-order valence-corrected chi connectivity index (χ0v) is 13.3. The molecule has 0 amide bonds. The second-order valence-corrected chi connectivity index (χ2v) is 7.56. The summed E-state index contributed by atoms with van der Waals surface area (Å²) in [5.74, 6) is 0.900. The van der Waals surface area contributed by atoms with Gasteiger partial charge in [-0.1, -0.05) is 51.0 Å². The van der Waals surface area contributed by atoms with Crippen molar-refractivity contribution in [1.29, 1.82) is 0 Å². The van der Waals surface area contributed by atoms with Gasteiger partial charge in [-0.15, -0.1) is 0 Å². The molecule has 1 fully saturated rings. The first kappa shape index (κ1) is 14.1. The SMILES string of the molecule is CC(NC1CCC(C)(C)c2ccccc21)C1CCCC1. The van der Waals surface area contributed by atoms with Crippen molar-refractivity contribution in [3.63, 3.8) is 0 Å². The Morgan fingerprint density at radius 1 is 1.10 bits per heavy atom. The number of rotatable bonds is 3. The highest BCUT2D eigenvalue weighted by Crippen LogP contribution is 2.42. The van der Waals surface area contributed by atoms with Crippen LogP contribution in [-0.4, -0.2) is 6.04 Å². The Kier molecular flexibility index (Phi) is 3.90. The van der Waals surface area contributed by atoms with E-state index >= 15 is 0 Å². The van der Waals surface area contributed by atoms with Gasteiger partial charge in [0, 0.05) is 12.1 Å². The molecule has 0 saturated heterocycles. The van der Waals surface area contributed by atoms with Gasteiger partial charge in [0.05, 0.1) is 0 Å². The van der Waals surface area contributed by atoms with Crippen molar-refractivity contribution in [2.24, 2.45) is 5.92 Å². The van der Waals surface area contributed by atoms with Crippen LogP contribution in [-0.2, 0) is 5.41 Å². The van der Waals surface area contributed by atoms with Crippen LogP contribution in [0.1, 0.15) is 76.5 Å². The second kappa shape index (κ2) is 5.52. The van der Waals surface area contributed by atoms with E-state index in [1.165, 1.54) is 38.5 Å². The molecular formula is C19H29N. The fourth-order valence-corrected chi connectivity index (χ4v) is 4.30. The molecule has 0 aliphatic heterocycles. The lowest BCUT2D eigenvalue weighted by atomic mass is 9.71. The van der Waals surface area contributed by atoms with E-state index in [0.29, 0.717) is 17.5 Å². The fraction of sp³-hybridized carbons (Fsp3) is 0.684. The summed E-state index contributed by atoms with van der Waals surface area (Å²) in [5.41, 5.74) is 3.45. The van der Waals surface area contributed by atoms with E-state index in [1.54, 1.807) is 11.1 Å². The maximum Gasteiger partial charge on any atom is 0.0325 e. The summed E-state index contributed by atoms with van der Waals surface area (Å²) in [5, 5.41) is 3.95. The molecule has 0 bridgehead atoms. The lowest BCUT2D eigenvalue weighted by Gasteiger charge is -2.39. The highest BCUT2D eigenvalue weighted by Gasteiger charge is 2.33. The molecule has 110 valence electrons. The quantitative estimate of drug-likeness (QED) is 0.818. The molecule has 0 aromatic heterocycles. The minimum Gasteiger partial charge on any atom is -0.307 e. The Morgan fingerprint density at radius 2 is 1.80 bits per heavy atom. The summed E-state index contributed by atoms with van der Waals surface area (Å²) in [6, 6.07) is 10.3. The molecule has 1 N–H and O–H groups in total. The van der Waals surface area contributed by atoms with Crippen LogP contribution in [0.2, 0.25) is 0 Å². The van der Waals surface area contributed by atoms with Crippen LogP contribution in [0.5, 0.6) is 0 Å². The lowest BCUT2D eigenvalue weighted by molar-refractivity contribution is 0.295. The Morgan fingerprint density at radius 3 is 2.55 bits per heavy atom. The number of benzene rings is 1. The Labute approximate surface area is 124 Å². The standard InChI is InChI=1S/C19H29N/c1-14(15-8-4-5-9-15)20-18-12-13-19(2,3)17-11-7-6-10-16(17)18/h6-7,10-11,14-15,18,20H,4-5,8-9,12-13H2,1-3H3. The zero-order valence-electron chi connectivity index (χ0n) is 13.3. The summed E-state index contributed by atoms with van der Waals surface area (Å²) in [6.07, 6.45) is 8.29. The predicted octanol–water partition coefficient (Wildman–Crippen LogP) is 4.97. The van der Waals surface area contributed by atoms with E-state index in [0.717, 1.165) is 5.92 Å². The van der Waals surface area contributed by atoms with Crippen LogP contribution in [0.3, 0.4) is 0 Å². The minimum atomic E-state index is 0.339. The van der Waals surface area contributed by atoms with E-state index in [4.69, 9.17) is 0 Å². The van der Waals surface area contributed by atoms with Gasteiger partial charge in [0.1, 0.15) is 0 Å². The predicted molar refractivity (Wildman–Crippen MR) is 86.0 cm³/mol. The first-order valence-electron chi connectivity index (χ1n) is 8.43. The Hall–Kier alpha value is -0.820. The average molecular weight is 271 g/mol. The van der Waals surface area contributed by atoms with E-state index in [2.05, 4.69) is 50.4 Å². The molecular weight excluding hydrogens is 242 g/mol. The molecule has 2 atom stereocenters. The Balaban J connectivity index is 1.78. The van der Waals surface area contributed by atoms with Crippen LogP contribution >= 0.6 is 0 Å². The molecule has 0 spiro atoms. The average Bonchev–Trinajstić information content (AvgIpc) is 2.96. The maximum absolute atomic E-state index is 3.95. The van der Waals surface area contributed by atoms with Gasteiger partial charge in [-0.05, 0) is 55.1 Å². The molecule has 0 heterocycles. The van der Waals surface area contributed by atoms with Gasteiger partial charge >= 0.3 is 0 Å². The van der Waals surface area contributed by atoms with Gasteiger partial charge in [0.25, 0.3) is 0 Å². The Bertz CT molecular complexity index is 457. The number of nitrogens with one attached hydrogen (secondary N) is 1. The van der Waals surface area contributed by atoms with Crippen molar-refractivity contribution in [1.82, 2.24) is 5.32 Å². The van der Waals surface area contributed by atoms with Crippen LogP contribution in [0.4, 0.5) is 0 Å². The van der Waals surface area contributed by atoms with Gasteiger partial charge < -0.3 is 5.32 Å². The minimum absolute atomic E-state index is 0.339. The summed E-state index contributed by atoms with van der Waals surface area (Å²) in [6.45, 7) is 7.18. The summed E-state index contributed by atoms with van der Waals surface area (Å²) in [7, 11) is 0. The first-order valence-corrected chi connectivity index (χ1v) is 8.43. The van der Waals surface area contributed by atoms with E-state index in [-0.39, 0.29) is 0 Å². The third-order valence-corrected chi connectivity index (χ3v) is 5.69. The molecule has 1 aromatic rings. The van der Waals surface area contributed by atoms with Gasteiger partial charge in [-0.3, -0.25) is 0 Å². The van der Waals surface area contributed by atoms with Crippen molar-refractivity contribution in [2.75, 3.05) is 0 Å². The first-order chi connectivity index (χ1) is 9.58. The van der Waals surface area contributed by atoms with Crippen LogP contribution in [0.15, 0.2) is 24.3 Å². The van der Waals surface area contributed by atoms with Gasteiger partial charge in [0.15, 0.2) is 0 Å². The molecule has 1 nitrogen and oxygen atoms in total. The summed E-state index contributed by atoms with van der Waals surface area (Å²) in [4.78, 5) is 0. The van der Waals surface area contributed by atoms with Crippen LogP contribution < -0.4 is 5.32 Å². The van der Waals surface area contributed by atoms with Crippen LogP contribution in [0, 0.1) is 5.92 Å². The third kappa shape index (κ3) is 2.65. The van der Waals surface area contributed by atoms with E-state index in [9.17, 15) is 0 Å². The third-order valence-electron chi connectivity index (χ3n) is 5.69. The second-order valence-electron chi connectivity index (χ2n) is 7.56. The van der Waals surface area contributed by atoms with Crippen LogP contribution in [0.25, 0.3) is 0 Å². The highest BCUT2D eigenvalue weighted by molar-refractivity contribution is 5.38. The molecule has 1 aromatic carbocycles. The van der Waals surface area contributed by atoms with Crippen molar-refractivity contribution >= 4 is 0 Å². The molecule has 2 aliphatic rings. The van der Waals surface area contributed by atoms with Crippen molar-refractivity contribution in [3.05, 3.63) is 35.4 Å². The lowest BCUT2D eigenvalue weighted by Crippen LogP contribution is -2.39. The topological polar surface area (TPSA) is 12.0 Å². The monoisotopic (exact) mass is 271 g/mol. The smallest absolute Gasteiger partial charge is 0.0325 e. The van der Waals surface area contributed by atoms with Crippen molar-refractivity contribution < 1.29 is 0 Å². The van der Waals surface area contributed by atoms with Gasteiger partial charge in [-0.25, -0.2) is 0 Å². The molecule has 20 heavy (non-hydrogen) atoms. The number of hydrogen-bond donors (Lipinski definition) is 1. The molecule has 2 unspecified atom stereocenters. The van der Waals surface area contributed by atoms with E-state index in [1.807, 2.05) is 0 Å². The summed E-state index contributed by atoms with van der Waals surface area (Å²) < 4.78 is 0. The van der Waals surface area contributed by atoms with Gasteiger partial charge in [-0.2, -0.15) is 0 Å². The van der Waals surface area contributed by atoms with Crippen molar-refractivity contribution in [3.8, 4) is 0 Å². The zero-order chi connectivity index (χ0) is 14.2. The molecule has 1 heteroatoms. The molecule has 3 rings (SSSR count). The number of hydrogen-bond acceptors (Lipinski definition) is 1. The fourth-order valence-electron chi connectivity index (χ4n) is 4.30. The highest BCUT2D eigenvalue weighted by atomic mass is 15.0. The normalized spacial score (nSPS) is 27.2. The maximum atomic E-state index is 3.95. The number of fused-ring (bicyclic) bond motifs is 1. The summed E-state index contributed by atoms with van der Waals surface area (Å²) >= 11 is 0. The van der Waals surface area contributed by atoms with Crippen molar-refractivity contribution in [2.45, 2.75) is 76.8 Å². The largest absolute Gasteiger partial charge is 0.307 e. The molecule has 2 aliphatic carbocycles. The van der Waals surface area contributed by atoms with Gasteiger partial charge in [0.2, 0.25) is 0 Å².